The number of nitrogens with two attached hydrogens (primary N) is 1. The molecule has 0 spiro atoms. The van der Waals surface area contributed by atoms with E-state index in [4.69, 9.17) is 10.6 Å². The number of carbonyl (C=O) groups is 1. The largest absolute Gasteiger partial charge is 0.381 e. The fraction of sp³-hybridized carbons (Fsp3) is 0.500. The normalized spacial score (nSPS) is 17.8. The van der Waals surface area contributed by atoms with E-state index in [1.54, 1.807) is 0 Å². The number of rotatable bonds is 3. The first-order chi connectivity index (χ1) is 9.06. The lowest BCUT2D eigenvalue weighted by molar-refractivity contribution is 0.0421. The molecule has 1 aliphatic heterocycles. The van der Waals surface area contributed by atoms with Gasteiger partial charge in [-0.1, -0.05) is 0 Å². The SMILES string of the molecule is CC1(NC(=O)c2ccnc(NN)c2F)CCOCC1. The van der Waals surface area contributed by atoms with Gasteiger partial charge in [-0.3, -0.25) is 4.79 Å². The lowest BCUT2D eigenvalue weighted by atomic mass is 9.92. The van der Waals surface area contributed by atoms with Gasteiger partial charge in [-0.05, 0) is 25.8 Å². The van der Waals surface area contributed by atoms with Gasteiger partial charge in [0.2, 0.25) is 0 Å². The van der Waals surface area contributed by atoms with Gasteiger partial charge < -0.3 is 15.5 Å². The molecule has 104 valence electrons. The predicted octanol–water partition coefficient (Wildman–Crippen LogP) is 0.805. The van der Waals surface area contributed by atoms with Gasteiger partial charge in [-0.15, -0.1) is 0 Å². The van der Waals surface area contributed by atoms with Crippen molar-refractivity contribution in [3.8, 4) is 0 Å². The Morgan fingerprint density at radius 2 is 2.21 bits per heavy atom. The highest BCUT2D eigenvalue weighted by molar-refractivity contribution is 5.95. The van der Waals surface area contributed by atoms with Gasteiger partial charge >= 0.3 is 0 Å². The molecule has 1 aliphatic rings. The van der Waals surface area contributed by atoms with Crippen molar-refractivity contribution in [2.24, 2.45) is 5.84 Å². The molecule has 4 N–H and O–H groups in total. The van der Waals surface area contributed by atoms with Gasteiger partial charge in [-0.25, -0.2) is 15.2 Å². The Kier molecular flexibility index (Phi) is 3.96. The van der Waals surface area contributed by atoms with Gasteiger partial charge in [0.15, 0.2) is 11.6 Å². The molecule has 1 fully saturated rings. The summed E-state index contributed by atoms with van der Waals surface area (Å²) in [5, 5.41) is 2.85. The number of ether oxygens (including phenoxy) is 1. The number of aromatic nitrogens is 1. The molecule has 7 heteroatoms. The molecule has 0 saturated carbocycles. The number of hydrazine groups is 1. The average molecular weight is 268 g/mol. The minimum atomic E-state index is -0.752. The number of halogens is 1. The van der Waals surface area contributed by atoms with E-state index in [9.17, 15) is 9.18 Å². The Bertz CT molecular complexity index is 475. The number of pyridine rings is 1. The van der Waals surface area contributed by atoms with Crippen molar-refractivity contribution in [1.82, 2.24) is 10.3 Å². The van der Waals surface area contributed by atoms with Crippen LogP contribution in [-0.4, -0.2) is 29.6 Å². The highest BCUT2D eigenvalue weighted by atomic mass is 19.1. The molecule has 1 aromatic heterocycles. The summed E-state index contributed by atoms with van der Waals surface area (Å²) in [7, 11) is 0. The smallest absolute Gasteiger partial charge is 0.254 e. The number of hydrogen-bond donors (Lipinski definition) is 3. The van der Waals surface area contributed by atoms with Crippen molar-refractivity contribution >= 4 is 11.7 Å². The molecule has 0 unspecified atom stereocenters. The van der Waals surface area contributed by atoms with Crippen molar-refractivity contribution in [2.45, 2.75) is 25.3 Å². The van der Waals surface area contributed by atoms with Crippen LogP contribution in [0.25, 0.3) is 0 Å². The molecule has 0 atom stereocenters. The van der Waals surface area contributed by atoms with Gasteiger partial charge in [0.1, 0.15) is 0 Å². The van der Waals surface area contributed by atoms with Crippen LogP contribution in [0.2, 0.25) is 0 Å². The number of nitrogen functional groups attached to an aromatic ring is 1. The summed E-state index contributed by atoms with van der Waals surface area (Å²) in [5.74, 6) is 3.76. The van der Waals surface area contributed by atoms with E-state index in [0.717, 1.165) is 0 Å². The Morgan fingerprint density at radius 3 is 2.84 bits per heavy atom. The Balaban J connectivity index is 2.16. The number of carbonyl (C=O) groups excluding carboxylic acids is 1. The lowest BCUT2D eigenvalue weighted by Gasteiger charge is -2.34. The molecular formula is C12H17FN4O2. The summed E-state index contributed by atoms with van der Waals surface area (Å²) in [6, 6.07) is 1.33. The summed E-state index contributed by atoms with van der Waals surface area (Å²) in [4.78, 5) is 15.8. The molecule has 19 heavy (non-hydrogen) atoms. The molecule has 0 bridgehead atoms. The van der Waals surface area contributed by atoms with Crippen LogP contribution >= 0.6 is 0 Å². The van der Waals surface area contributed by atoms with E-state index in [-0.39, 0.29) is 16.9 Å². The van der Waals surface area contributed by atoms with Crippen molar-refractivity contribution in [3.63, 3.8) is 0 Å². The van der Waals surface area contributed by atoms with E-state index in [1.807, 2.05) is 6.92 Å². The maximum atomic E-state index is 13.9. The summed E-state index contributed by atoms with van der Waals surface area (Å²) >= 11 is 0. The van der Waals surface area contributed by atoms with E-state index < -0.39 is 11.7 Å². The monoisotopic (exact) mass is 268 g/mol. The molecule has 0 aromatic carbocycles. The van der Waals surface area contributed by atoms with E-state index in [1.165, 1.54) is 12.3 Å². The van der Waals surface area contributed by atoms with Gasteiger partial charge in [0.05, 0.1) is 5.56 Å². The first-order valence-corrected chi connectivity index (χ1v) is 6.07. The maximum absolute atomic E-state index is 13.9. The zero-order valence-corrected chi connectivity index (χ0v) is 10.7. The molecule has 0 aliphatic carbocycles. The minimum Gasteiger partial charge on any atom is -0.381 e. The van der Waals surface area contributed by atoms with Crippen LogP contribution in [0.4, 0.5) is 10.2 Å². The topological polar surface area (TPSA) is 89.3 Å². The minimum absolute atomic E-state index is 0.0735. The second kappa shape index (κ2) is 5.50. The Hall–Kier alpha value is -1.73. The maximum Gasteiger partial charge on any atom is 0.254 e. The molecule has 6 nitrogen and oxygen atoms in total. The summed E-state index contributed by atoms with van der Waals surface area (Å²) in [6.07, 6.45) is 2.74. The van der Waals surface area contributed by atoms with Crippen LogP contribution in [0.15, 0.2) is 12.3 Å². The number of nitrogens with one attached hydrogen (secondary N) is 2. The standard InChI is InChI=1S/C12H17FN4O2/c1-12(3-6-19-7-4-12)16-11(18)8-2-5-15-10(17-14)9(8)13/h2,5H,3-4,6-7,14H2,1H3,(H,15,17)(H,16,18). The van der Waals surface area contributed by atoms with Crippen LogP contribution in [0.5, 0.6) is 0 Å². The first-order valence-electron chi connectivity index (χ1n) is 6.07. The zero-order valence-electron chi connectivity index (χ0n) is 10.7. The van der Waals surface area contributed by atoms with Crippen molar-refractivity contribution < 1.29 is 13.9 Å². The van der Waals surface area contributed by atoms with E-state index in [2.05, 4.69) is 15.7 Å². The molecule has 2 rings (SSSR count). The number of hydrogen-bond acceptors (Lipinski definition) is 5. The van der Waals surface area contributed by atoms with Gasteiger partial charge in [0.25, 0.3) is 5.91 Å². The average Bonchev–Trinajstić information content (AvgIpc) is 2.39. The fourth-order valence-electron chi connectivity index (χ4n) is 2.01. The molecule has 1 aromatic rings. The second-order valence-electron chi connectivity index (χ2n) is 4.79. The van der Waals surface area contributed by atoms with Crippen molar-refractivity contribution in [3.05, 3.63) is 23.6 Å². The molecule has 1 saturated heterocycles. The number of anilines is 1. The summed E-state index contributed by atoms with van der Waals surface area (Å²) < 4.78 is 19.2. The van der Waals surface area contributed by atoms with E-state index >= 15 is 0 Å². The first kappa shape index (κ1) is 13.7. The third kappa shape index (κ3) is 2.99. The number of nitrogens with zero attached hydrogens (tertiary/aromatic N) is 1. The van der Waals surface area contributed by atoms with Gasteiger partial charge in [-0.2, -0.15) is 0 Å². The Labute approximate surface area is 110 Å². The van der Waals surface area contributed by atoms with Crippen LogP contribution in [-0.2, 0) is 4.74 Å². The zero-order chi connectivity index (χ0) is 13.9. The molecular weight excluding hydrogens is 251 g/mol. The predicted molar refractivity (Wildman–Crippen MR) is 67.9 cm³/mol. The summed E-state index contributed by atoms with van der Waals surface area (Å²) in [5.41, 5.74) is 1.67. The number of amides is 1. The highest BCUT2D eigenvalue weighted by Crippen LogP contribution is 2.21. The third-order valence-corrected chi connectivity index (χ3v) is 3.28. The quantitative estimate of drug-likeness (QED) is 0.557. The molecule has 2 heterocycles. The van der Waals surface area contributed by atoms with Crippen molar-refractivity contribution in [2.75, 3.05) is 18.6 Å². The lowest BCUT2D eigenvalue weighted by Crippen LogP contribution is -2.49. The summed E-state index contributed by atoms with van der Waals surface area (Å²) in [6.45, 7) is 3.10. The molecule has 0 radical (unpaired) electrons. The van der Waals surface area contributed by atoms with E-state index in [0.29, 0.717) is 26.1 Å². The Morgan fingerprint density at radius 1 is 1.53 bits per heavy atom. The third-order valence-electron chi connectivity index (χ3n) is 3.28. The van der Waals surface area contributed by atoms with Crippen LogP contribution < -0.4 is 16.6 Å². The van der Waals surface area contributed by atoms with Crippen LogP contribution in [0, 0.1) is 5.82 Å². The fourth-order valence-corrected chi connectivity index (χ4v) is 2.01. The van der Waals surface area contributed by atoms with Crippen LogP contribution in [0.1, 0.15) is 30.1 Å². The molecule has 1 amide bonds. The van der Waals surface area contributed by atoms with Gasteiger partial charge in [0, 0.05) is 24.9 Å². The highest BCUT2D eigenvalue weighted by Gasteiger charge is 2.30. The second-order valence-corrected chi connectivity index (χ2v) is 4.79. The van der Waals surface area contributed by atoms with Crippen LogP contribution in [0.3, 0.4) is 0 Å². The van der Waals surface area contributed by atoms with Crippen molar-refractivity contribution in [1.29, 1.82) is 0 Å².